The molecule has 17 heteroatoms. The number of rotatable bonds is 10. The Bertz CT molecular complexity index is 2120. The summed E-state index contributed by atoms with van der Waals surface area (Å²) in [5.74, 6) is -6.84. The summed E-state index contributed by atoms with van der Waals surface area (Å²) in [5, 5.41) is 50.0. The van der Waals surface area contributed by atoms with E-state index >= 15 is 4.79 Å². The fraction of sp³-hybridized carbons (Fsp3) is 0.556. The quantitative estimate of drug-likeness (QED) is 0.131. The van der Waals surface area contributed by atoms with Gasteiger partial charge in [-0.2, -0.15) is 0 Å². The van der Waals surface area contributed by atoms with E-state index < -0.39 is 125 Å². The smallest absolute Gasteiger partial charge is 0.408 e. The van der Waals surface area contributed by atoms with Crippen LogP contribution in [0.3, 0.4) is 0 Å². The molecule has 4 aliphatic rings. The molecular weight excluding hydrogens is 810 g/mol. The average molecular weight is 866 g/mol. The topological polar surface area (TPSA) is 251 Å². The van der Waals surface area contributed by atoms with E-state index in [-0.39, 0.29) is 35.3 Å². The van der Waals surface area contributed by atoms with Crippen molar-refractivity contribution in [1.82, 2.24) is 5.32 Å². The number of benzene rings is 2. The molecule has 1 saturated heterocycles. The van der Waals surface area contributed by atoms with Crippen LogP contribution in [0.1, 0.15) is 90.2 Å². The molecule has 1 heterocycles. The van der Waals surface area contributed by atoms with Gasteiger partial charge < -0.3 is 54.2 Å². The molecule has 1 aliphatic heterocycles. The maximum absolute atomic E-state index is 15.1. The zero-order valence-electron chi connectivity index (χ0n) is 35.9. The van der Waals surface area contributed by atoms with Crippen molar-refractivity contribution in [2.75, 3.05) is 13.2 Å². The highest BCUT2D eigenvalue weighted by Crippen LogP contribution is 2.64. The van der Waals surface area contributed by atoms with E-state index in [0.29, 0.717) is 0 Å². The number of aliphatic hydroxyl groups excluding tert-OH is 3. The molecule has 2 aromatic carbocycles. The van der Waals surface area contributed by atoms with Crippen molar-refractivity contribution in [3.8, 4) is 0 Å². The second-order valence-electron chi connectivity index (χ2n) is 18.2. The van der Waals surface area contributed by atoms with Gasteiger partial charge in [0.05, 0.1) is 29.6 Å². The van der Waals surface area contributed by atoms with E-state index in [1.54, 1.807) is 57.2 Å². The predicted octanol–water partition coefficient (Wildman–Crippen LogP) is 2.80. The van der Waals surface area contributed by atoms with Gasteiger partial charge in [-0.15, -0.1) is 0 Å². The molecule has 0 aromatic heterocycles. The fourth-order valence-electron chi connectivity index (χ4n) is 9.84. The van der Waals surface area contributed by atoms with Crippen molar-refractivity contribution in [3.63, 3.8) is 0 Å². The van der Waals surface area contributed by atoms with Gasteiger partial charge in [0.25, 0.3) is 0 Å². The Morgan fingerprint density at radius 1 is 0.952 bits per heavy atom. The lowest BCUT2D eigenvalue weighted by atomic mass is 9.44. The second kappa shape index (κ2) is 16.8. The molecule has 17 nitrogen and oxygen atoms in total. The molecule has 6 rings (SSSR count). The highest BCUT2D eigenvalue weighted by atomic mass is 16.6. The summed E-state index contributed by atoms with van der Waals surface area (Å²) in [6, 6.07) is 14.2. The third-order valence-electron chi connectivity index (χ3n) is 12.9. The number of fused-ring (bicyclic) bond motifs is 5. The van der Waals surface area contributed by atoms with E-state index in [1.165, 1.54) is 52.0 Å². The zero-order chi connectivity index (χ0) is 45.7. The van der Waals surface area contributed by atoms with Crippen LogP contribution in [0.25, 0.3) is 0 Å². The van der Waals surface area contributed by atoms with Crippen molar-refractivity contribution in [3.05, 3.63) is 82.9 Å². The molecule has 2 saturated carbocycles. The standard InChI is InChI=1S/C45H55NO16/c1-23-27(58-39(54)34(59-30(50)21-47)32(25-15-11-9-12-16-25)46-40(55)62-41(3,4)5)20-45(56)37(60-38(53)26-17-13-10-14-18-26)35-43(8,36(52)33(51)31(23)42(45,6)7)28(49)19-29-44(35,22-57-29)61-24(2)48/h9-18,27-29,32-35,37,47,49,51,56H,19-22H2,1-8H3,(H,46,55)/t27-,28-,29+,32-,33+,34+,35?,37-,43+,44-,45+/m0/s1. The highest BCUT2D eigenvalue weighted by Gasteiger charge is 2.78. The number of carbonyl (C=O) groups is 6. The lowest BCUT2D eigenvalue weighted by molar-refractivity contribution is -0.346. The fourth-order valence-corrected chi connectivity index (χ4v) is 9.84. The van der Waals surface area contributed by atoms with Crippen LogP contribution in [-0.4, -0.2) is 123 Å². The van der Waals surface area contributed by atoms with E-state index in [2.05, 4.69) is 5.32 Å². The van der Waals surface area contributed by atoms with E-state index in [4.69, 9.17) is 28.4 Å². The molecule has 2 bridgehead atoms. The van der Waals surface area contributed by atoms with E-state index in [0.717, 1.165) is 6.92 Å². The molecule has 2 aromatic rings. The summed E-state index contributed by atoms with van der Waals surface area (Å²) >= 11 is 0. The van der Waals surface area contributed by atoms with Gasteiger partial charge in [-0.3, -0.25) is 9.59 Å². The van der Waals surface area contributed by atoms with Gasteiger partial charge in [0, 0.05) is 25.2 Å². The van der Waals surface area contributed by atoms with Crippen LogP contribution in [0.5, 0.6) is 0 Å². The van der Waals surface area contributed by atoms with Gasteiger partial charge in [0.15, 0.2) is 11.4 Å². The van der Waals surface area contributed by atoms with Gasteiger partial charge in [0.1, 0.15) is 48.3 Å². The van der Waals surface area contributed by atoms with Crippen molar-refractivity contribution < 1.29 is 77.6 Å². The lowest BCUT2D eigenvalue weighted by Gasteiger charge is -2.67. The van der Waals surface area contributed by atoms with Gasteiger partial charge in [-0.25, -0.2) is 19.2 Å². The van der Waals surface area contributed by atoms with Crippen LogP contribution in [0.2, 0.25) is 0 Å². The van der Waals surface area contributed by atoms with Crippen LogP contribution in [0.4, 0.5) is 4.79 Å². The molecule has 5 N–H and O–H groups in total. The number of hydrogen-bond acceptors (Lipinski definition) is 16. The number of carbonyl (C=O) groups excluding carboxylic acids is 6. The molecule has 11 atom stereocenters. The Balaban J connectivity index is 1.53. The van der Waals surface area contributed by atoms with Crippen LogP contribution < -0.4 is 5.32 Å². The SMILES string of the molecule is CC(=O)O[C@@]12CO[C@@H]1C[C@H](O)[C@@]1(C)C(=O)[C@H](O)C3=C(C)[C@@H](OC(=O)[C@H](OC(=O)CO)[C@@H](NC(=O)OC(C)(C)C)c4ccccc4)C[C@@](O)([C@@H](OC(=O)c4ccccc4)C12)C3(C)C. The third-order valence-corrected chi connectivity index (χ3v) is 12.9. The highest BCUT2D eigenvalue weighted by molar-refractivity contribution is 5.94. The molecule has 0 spiro atoms. The Kier molecular flexibility index (Phi) is 12.6. The number of alkyl carbamates (subject to hydrolysis) is 1. The van der Waals surface area contributed by atoms with Crippen LogP contribution in [0, 0.1) is 16.7 Å². The lowest BCUT2D eigenvalue weighted by Crippen LogP contribution is -2.81. The number of Topliss-reactive ketones (excluding diaryl/α,β-unsaturated/α-hetero) is 1. The Labute approximate surface area is 358 Å². The summed E-state index contributed by atoms with van der Waals surface area (Å²) in [7, 11) is 0. The molecule has 3 aliphatic carbocycles. The first kappa shape index (κ1) is 46.3. The number of esters is 4. The number of ketones is 1. The first-order valence-corrected chi connectivity index (χ1v) is 20.4. The van der Waals surface area contributed by atoms with Crippen LogP contribution in [-0.2, 0) is 47.6 Å². The van der Waals surface area contributed by atoms with Crippen LogP contribution in [0.15, 0.2) is 71.8 Å². The molecule has 336 valence electrons. The summed E-state index contributed by atoms with van der Waals surface area (Å²) in [6.45, 7) is 10.3. The minimum absolute atomic E-state index is 0.0482. The molecule has 0 radical (unpaired) electrons. The molecule has 3 fully saturated rings. The molecular formula is C45H55NO16. The van der Waals surface area contributed by atoms with E-state index in [1.807, 2.05) is 0 Å². The molecule has 62 heavy (non-hydrogen) atoms. The average Bonchev–Trinajstić information content (AvgIpc) is 3.20. The first-order chi connectivity index (χ1) is 28.9. The second-order valence-corrected chi connectivity index (χ2v) is 18.2. The van der Waals surface area contributed by atoms with E-state index in [9.17, 15) is 44.4 Å². The van der Waals surface area contributed by atoms with Crippen molar-refractivity contribution in [2.24, 2.45) is 16.7 Å². The van der Waals surface area contributed by atoms with Crippen LogP contribution >= 0.6 is 0 Å². The van der Waals surface area contributed by atoms with Crippen molar-refractivity contribution in [1.29, 1.82) is 0 Å². The van der Waals surface area contributed by atoms with Gasteiger partial charge in [-0.1, -0.05) is 62.4 Å². The normalized spacial score (nSPS) is 32.2. The summed E-state index contributed by atoms with van der Waals surface area (Å²) in [4.78, 5) is 82.8. The number of amides is 1. The predicted molar refractivity (Wildman–Crippen MR) is 215 cm³/mol. The van der Waals surface area contributed by atoms with Gasteiger partial charge in [-0.05, 0) is 63.5 Å². The molecule has 1 amide bonds. The van der Waals surface area contributed by atoms with Gasteiger partial charge in [0.2, 0.25) is 6.10 Å². The zero-order valence-corrected chi connectivity index (χ0v) is 35.9. The Hall–Kier alpha value is -5.20. The largest absolute Gasteiger partial charge is 0.455 e. The minimum atomic E-state index is -2.43. The monoisotopic (exact) mass is 865 g/mol. The minimum Gasteiger partial charge on any atom is -0.455 e. The number of aliphatic hydroxyl groups is 4. The third kappa shape index (κ3) is 8.00. The van der Waals surface area contributed by atoms with Crippen molar-refractivity contribution in [2.45, 2.75) is 128 Å². The van der Waals surface area contributed by atoms with Crippen molar-refractivity contribution >= 4 is 35.8 Å². The maximum atomic E-state index is 15.1. The first-order valence-electron chi connectivity index (χ1n) is 20.4. The van der Waals surface area contributed by atoms with Gasteiger partial charge >= 0.3 is 30.0 Å². The summed E-state index contributed by atoms with van der Waals surface area (Å²) in [5.41, 5.74) is -8.68. The number of ether oxygens (including phenoxy) is 6. The Morgan fingerprint density at radius 3 is 2.11 bits per heavy atom. The number of nitrogens with one attached hydrogen (secondary N) is 1. The summed E-state index contributed by atoms with van der Waals surface area (Å²) < 4.78 is 35.2. The summed E-state index contributed by atoms with van der Waals surface area (Å²) in [6.07, 6.45) is -11.9. The maximum Gasteiger partial charge on any atom is 0.408 e. The number of hydrogen-bond donors (Lipinski definition) is 5. The molecule has 1 unspecified atom stereocenters. The Morgan fingerprint density at radius 2 is 1.56 bits per heavy atom.